The molecule has 0 saturated heterocycles. The minimum absolute atomic E-state index is 0.0208. The van der Waals surface area contributed by atoms with Gasteiger partial charge < -0.3 is 20.4 Å². The molecule has 2 unspecified atom stereocenters. The molecule has 0 radical (unpaired) electrons. The van der Waals surface area contributed by atoms with Crippen molar-refractivity contribution in [3.05, 3.63) is 28.8 Å². The van der Waals surface area contributed by atoms with Gasteiger partial charge in [-0.25, -0.2) is 0 Å². The van der Waals surface area contributed by atoms with Crippen molar-refractivity contribution in [2.24, 2.45) is 0 Å². The van der Waals surface area contributed by atoms with Gasteiger partial charge in [-0.2, -0.15) is 0 Å². The Balaban J connectivity index is 3.01. The smallest absolute Gasteiger partial charge is 0.134 e. The van der Waals surface area contributed by atoms with E-state index in [1.807, 2.05) is 0 Å². The van der Waals surface area contributed by atoms with Crippen molar-refractivity contribution in [1.82, 2.24) is 0 Å². The lowest BCUT2D eigenvalue weighted by Crippen LogP contribution is -2.22. The maximum Gasteiger partial charge on any atom is 0.134 e. The summed E-state index contributed by atoms with van der Waals surface area (Å²) in [4.78, 5) is 0. The van der Waals surface area contributed by atoms with E-state index in [2.05, 4.69) is 0 Å². The highest BCUT2D eigenvalue weighted by molar-refractivity contribution is 6.32. The maximum atomic E-state index is 9.49. The van der Waals surface area contributed by atoms with Gasteiger partial charge in [-0.15, -0.1) is 0 Å². The van der Waals surface area contributed by atoms with Crippen LogP contribution in [0.3, 0.4) is 0 Å². The van der Waals surface area contributed by atoms with Gasteiger partial charge in [-0.3, -0.25) is 0 Å². The summed E-state index contributed by atoms with van der Waals surface area (Å²) in [7, 11) is 0. The summed E-state index contributed by atoms with van der Waals surface area (Å²) in [6, 6.07) is 4.32. The lowest BCUT2D eigenvalue weighted by molar-refractivity contribution is -0.0152. The number of rotatable bonds is 3. The molecule has 2 atom stereocenters. The fourth-order valence-corrected chi connectivity index (χ4v) is 1.31. The van der Waals surface area contributed by atoms with Crippen molar-refractivity contribution in [3.8, 4) is 5.75 Å². The van der Waals surface area contributed by atoms with E-state index in [9.17, 15) is 10.2 Å². The van der Waals surface area contributed by atoms with Gasteiger partial charge in [0.05, 0.1) is 11.6 Å². The van der Waals surface area contributed by atoms with Crippen LogP contribution in [0.1, 0.15) is 11.7 Å². The van der Waals surface area contributed by atoms with Crippen LogP contribution in [-0.2, 0) is 0 Å². The Morgan fingerprint density at radius 2 is 1.93 bits per heavy atom. The van der Waals surface area contributed by atoms with E-state index in [0.29, 0.717) is 0 Å². The Hall–Kier alpha value is -0.810. The molecule has 5 heteroatoms. The standard InChI is InChI=1S/C9H11ClO4/c10-8-5(2-1-3-6(8)12)9(14)7(13)4-11/h1-3,7,9,11-14H,4H2. The van der Waals surface area contributed by atoms with Crippen molar-refractivity contribution >= 4 is 11.6 Å². The molecular weight excluding hydrogens is 208 g/mol. The molecule has 1 aromatic carbocycles. The first-order valence-electron chi connectivity index (χ1n) is 4.02. The number of halogens is 1. The fourth-order valence-electron chi connectivity index (χ4n) is 1.07. The molecular formula is C9H11ClO4. The predicted octanol–water partition coefficient (Wildman–Crippen LogP) is 0.432. The van der Waals surface area contributed by atoms with Gasteiger partial charge in [0.25, 0.3) is 0 Å². The second kappa shape index (κ2) is 4.61. The molecule has 4 nitrogen and oxygen atoms in total. The van der Waals surface area contributed by atoms with E-state index in [4.69, 9.17) is 21.8 Å². The molecule has 0 aromatic heterocycles. The van der Waals surface area contributed by atoms with Crippen LogP contribution in [-0.4, -0.2) is 33.1 Å². The van der Waals surface area contributed by atoms with E-state index >= 15 is 0 Å². The molecule has 1 aromatic rings. The van der Waals surface area contributed by atoms with Gasteiger partial charge >= 0.3 is 0 Å². The van der Waals surface area contributed by atoms with Gasteiger partial charge in [0, 0.05) is 5.56 Å². The van der Waals surface area contributed by atoms with Crippen molar-refractivity contribution in [1.29, 1.82) is 0 Å². The van der Waals surface area contributed by atoms with Gasteiger partial charge in [-0.1, -0.05) is 23.7 Å². The number of phenols is 1. The molecule has 0 aliphatic rings. The second-order valence-corrected chi connectivity index (χ2v) is 3.25. The first kappa shape index (κ1) is 11.3. The van der Waals surface area contributed by atoms with Crippen LogP contribution in [0.2, 0.25) is 5.02 Å². The number of hydrogen-bond acceptors (Lipinski definition) is 4. The van der Waals surface area contributed by atoms with Crippen LogP contribution >= 0.6 is 11.6 Å². The molecule has 0 spiro atoms. The van der Waals surface area contributed by atoms with Crippen molar-refractivity contribution in [2.75, 3.05) is 6.61 Å². The zero-order chi connectivity index (χ0) is 10.7. The van der Waals surface area contributed by atoms with Crippen LogP contribution in [0.5, 0.6) is 5.75 Å². The highest BCUT2D eigenvalue weighted by Gasteiger charge is 2.20. The van der Waals surface area contributed by atoms with E-state index in [0.717, 1.165) is 0 Å². The largest absolute Gasteiger partial charge is 0.506 e. The third-order valence-electron chi connectivity index (χ3n) is 1.88. The molecule has 14 heavy (non-hydrogen) atoms. The highest BCUT2D eigenvalue weighted by atomic mass is 35.5. The molecule has 0 saturated carbocycles. The molecule has 1 rings (SSSR count). The summed E-state index contributed by atoms with van der Waals surface area (Å²) < 4.78 is 0. The van der Waals surface area contributed by atoms with Gasteiger partial charge in [0.15, 0.2) is 0 Å². The molecule has 4 N–H and O–H groups in total. The molecule has 0 aliphatic carbocycles. The van der Waals surface area contributed by atoms with Crippen LogP contribution in [0.4, 0.5) is 0 Å². The third-order valence-corrected chi connectivity index (χ3v) is 2.29. The number of hydrogen-bond donors (Lipinski definition) is 4. The summed E-state index contributed by atoms with van der Waals surface area (Å²) in [6.07, 6.45) is -2.62. The average Bonchev–Trinajstić information content (AvgIpc) is 2.20. The van der Waals surface area contributed by atoms with Crippen molar-refractivity contribution in [3.63, 3.8) is 0 Å². The minimum Gasteiger partial charge on any atom is -0.506 e. The Kier molecular flexibility index (Phi) is 3.71. The van der Waals surface area contributed by atoms with Gasteiger partial charge in [0.2, 0.25) is 0 Å². The van der Waals surface area contributed by atoms with E-state index < -0.39 is 18.8 Å². The van der Waals surface area contributed by atoms with E-state index in [-0.39, 0.29) is 16.3 Å². The molecule has 0 fully saturated rings. The summed E-state index contributed by atoms with van der Waals surface area (Å²) in [5, 5.41) is 36.5. The number of phenolic OH excluding ortho intramolecular Hbond substituents is 1. The first-order chi connectivity index (χ1) is 6.57. The second-order valence-electron chi connectivity index (χ2n) is 2.88. The molecule has 78 valence electrons. The van der Waals surface area contributed by atoms with E-state index in [1.165, 1.54) is 18.2 Å². The Morgan fingerprint density at radius 1 is 1.29 bits per heavy atom. The minimum atomic E-state index is -1.31. The van der Waals surface area contributed by atoms with Gasteiger partial charge in [-0.05, 0) is 6.07 Å². The number of aromatic hydroxyl groups is 1. The SMILES string of the molecule is OCC(O)C(O)c1cccc(O)c1Cl. The third kappa shape index (κ3) is 2.16. The van der Waals surface area contributed by atoms with Gasteiger partial charge in [0.1, 0.15) is 18.0 Å². The summed E-state index contributed by atoms with van der Waals surface area (Å²) in [5.74, 6) is -0.173. The molecule has 0 heterocycles. The summed E-state index contributed by atoms with van der Waals surface area (Å²) >= 11 is 5.69. The monoisotopic (exact) mass is 218 g/mol. The molecule has 0 aliphatic heterocycles. The predicted molar refractivity (Wildman–Crippen MR) is 51.2 cm³/mol. The van der Waals surface area contributed by atoms with Crippen LogP contribution < -0.4 is 0 Å². The topological polar surface area (TPSA) is 80.9 Å². The lowest BCUT2D eigenvalue weighted by Gasteiger charge is -2.17. The molecule has 0 bridgehead atoms. The summed E-state index contributed by atoms with van der Waals surface area (Å²) in [6.45, 7) is -0.576. The average molecular weight is 219 g/mol. The Labute approximate surface area is 86.0 Å². The molecule has 0 amide bonds. The zero-order valence-electron chi connectivity index (χ0n) is 7.26. The summed E-state index contributed by atoms with van der Waals surface area (Å²) in [5.41, 5.74) is 0.188. The maximum absolute atomic E-state index is 9.49. The number of benzene rings is 1. The van der Waals surface area contributed by atoms with Crippen LogP contribution in [0, 0.1) is 0 Å². The lowest BCUT2D eigenvalue weighted by atomic mass is 10.0. The van der Waals surface area contributed by atoms with Crippen LogP contribution in [0.25, 0.3) is 0 Å². The Bertz CT molecular complexity index is 316. The quantitative estimate of drug-likeness (QED) is 0.593. The first-order valence-corrected chi connectivity index (χ1v) is 4.40. The Morgan fingerprint density at radius 3 is 2.50 bits per heavy atom. The highest BCUT2D eigenvalue weighted by Crippen LogP contribution is 2.32. The zero-order valence-corrected chi connectivity index (χ0v) is 8.02. The van der Waals surface area contributed by atoms with Crippen molar-refractivity contribution in [2.45, 2.75) is 12.2 Å². The fraction of sp³-hybridized carbons (Fsp3) is 0.333. The van der Waals surface area contributed by atoms with Crippen LogP contribution in [0.15, 0.2) is 18.2 Å². The normalized spacial score (nSPS) is 15.1. The van der Waals surface area contributed by atoms with E-state index in [1.54, 1.807) is 0 Å². The number of aliphatic hydroxyl groups is 3. The number of aliphatic hydroxyl groups excluding tert-OH is 3. The van der Waals surface area contributed by atoms with Crippen molar-refractivity contribution < 1.29 is 20.4 Å².